The predicted octanol–water partition coefficient (Wildman–Crippen LogP) is 1.88. The number of anilines is 2. The van der Waals surface area contributed by atoms with E-state index in [0.29, 0.717) is 30.2 Å². The van der Waals surface area contributed by atoms with Gasteiger partial charge in [0.25, 0.3) is 0 Å². The second kappa shape index (κ2) is 5.25. The van der Waals surface area contributed by atoms with Gasteiger partial charge in [-0.25, -0.2) is 4.98 Å². The number of rotatable bonds is 4. The molecule has 24 heavy (non-hydrogen) atoms. The lowest BCUT2D eigenvalue weighted by Crippen LogP contribution is -2.47. The highest BCUT2D eigenvalue weighted by Crippen LogP contribution is 2.55. The molecule has 4 heterocycles. The molecule has 2 saturated heterocycles. The van der Waals surface area contributed by atoms with E-state index < -0.39 is 5.97 Å². The molecule has 7 heteroatoms. The van der Waals surface area contributed by atoms with Crippen LogP contribution in [-0.4, -0.2) is 52.5 Å². The van der Waals surface area contributed by atoms with Crippen LogP contribution in [0, 0.1) is 17.8 Å². The molecule has 5 rings (SSSR count). The minimum absolute atomic E-state index is 0.331. The summed E-state index contributed by atoms with van der Waals surface area (Å²) in [6, 6.07) is 0.536. The molecule has 0 spiro atoms. The Hall–Kier alpha value is -1.50. The summed E-state index contributed by atoms with van der Waals surface area (Å²) < 4.78 is 0. The maximum atomic E-state index is 10.9. The molecule has 1 saturated carbocycles. The van der Waals surface area contributed by atoms with E-state index in [2.05, 4.69) is 16.7 Å². The third-order valence-electron chi connectivity index (χ3n) is 6.18. The van der Waals surface area contributed by atoms with Gasteiger partial charge in [0.1, 0.15) is 10.8 Å². The van der Waals surface area contributed by atoms with E-state index in [1.54, 1.807) is 0 Å². The number of fused-ring (bicyclic) bond motifs is 2. The minimum atomic E-state index is -0.658. The molecule has 3 aliphatic heterocycles. The van der Waals surface area contributed by atoms with Crippen LogP contribution in [0.5, 0.6) is 0 Å². The molecule has 128 valence electrons. The van der Waals surface area contributed by atoms with Crippen molar-refractivity contribution in [2.75, 3.05) is 35.2 Å². The van der Waals surface area contributed by atoms with Gasteiger partial charge in [0.2, 0.25) is 5.95 Å². The zero-order chi connectivity index (χ0) is 16.4. The Morgan fingerprint density at radius 1 is 1.33 bits per heavy atom. The summed E-state index contributed by atoms with van der Waals surface area (Å²) in [5.74, 6) is 3.93. The first-order valence-corrected chi connectivity index (χ1v) is 9.87. The molecule has 1 aromatic heterocycles. The van der Waals surface area contributed by atoms with E-state index in [1.165, 1.54) is 12.0 Å². The van der Waals surface area contributed by atoms with Gasteiger partial charge in [-0.3, -0.25) is 4.79 Å². The number of carboxylic acids is 1. The summed E-state index contributed by atoms with van der Waals surface area (Å²) in [5.41, 5.74) is 1.31. The highest BCUT2D eigenvalue weighted by molar-refractivity contribution is 7.99. The number of hydrogen-bond acceptors (Lipinski definition) is 6. The van der Waals surface area contributed by atoms with E-state index in [0.717, 1.165) is 48.6 Å². The molecule has 3 fully saturated rings. The Morgan fingerprint density at radius 2 is 2.12 bits per heavy atom. The van der Waals surface area contributed by atoms with Crippen molar-refractivity contribution in [2.24, 2.45) is 17.8 Å². The molecular weight excluding hydrogens is 324 g/mol. The van der Waals surface area contributed by atoms with Crippen molar-refractivity contribution in [1.82, 2.24) is 9.97 Å². The van der Waals surface area contributed by atoms with E-state index in [9.17, 15) is 4.79 Å². The van der Waals surface area contributed by atoms with Gasteiger partial charge < -0.3 is 14.9 Å². The van der Waals surface area contributed by atoms with Gasteiger partial charge in [-0.2, -0.15) is 4.98 Å². The first kappa shape index (κ1) is 14.8. The highest BCUT2D eigenvalue weighted by Gasteiger charge is 2.56. The number of thioether (sulfide) groups is 1. The Bertz CT molecular complexity index is 700. The molecule has 4 atom stereocenters. The quantitative estimate of drug-likeness (QED) is 0.835. The zero-order valence-electron chi connectivity index (χ0n) is 13.8. The summed E-state index contributed by atoms with van der Waals surface area (Å²) in [6.07, 6.45) is 2.60. The van der Waals surface area contributed by atoms with Crippen LogP contribution in [-0.2, 0) is 11.2 Å². The van der Waals surface area contributed by atoms with E-state index in [-0.39, 0.29) is 0 Å². The fraction of sp³-hybridized carbons (Fsp3) is 0.706. The lowest BCUT2D eigenvalue weighted by atomic mass is 10.1. The number of aliphatic carboxylic acids is 1. The third-order valence-corrected chi connectivity index (χ3v) is 7.20. The molecule has 0 aromatic carbocycles. The number of hydrogen-bond donors (Lipinski definition) is 1. The van der Waals surface area contributed by atoms with Crippen LogP contribution in [0.25, 0.3) is 0 Å². The van der Waals surface area contributed by atoms with E-state index in [1.807, 2.05) is 11.8 Å². The second-order valence-electron chi connectivity index (χ2n) is 7.55. The van der Waals surface area contributed by atoms with Crippen molar-refractivity contribution in [2.45, 2.75) is 37.3 Å². The largest absolute Gasteiger partial charge is 0.481 e. The lowest BCUT2D eigenvalue weighted by Gasteiger charge is -2.39. The zero-order valence-corrected chi connectivity index (χ0v) is 14.6. The third kappa shape index (κ3) is 2.20. The fourth-order valence-corrected chi connectivity index (χ4v) is 5.57. The number of carbonyl (C=O) groups is 1. The van der Waals surface area contributed by atoms with Gasteiger partial charge in [0, 0.05) is 43.4 Å². The first-order valence-electron chi connectivity index (χ1n) is 8.89. The van der Waals surface area contributed by atoms with Crippen LogP contribution in [0.15, 0.2) is 5.03 Å². The summed E-state index contributed by atoms with van der Waals surface area (Å²) >= 11 is 1.85. The Labute approximate surface area is 145 Å². The van der Waals surface area contributed by atoms with Crippen molar-refractivity contribution in [3.63, 3.8) is 0 Å². The number of nitrogens with zero attached hydrogens (tertiary/aromatic N) is 4. The summed E-state index contributed by atoms with van der Waals surface area (Å²) in [4.78, 5) is 25.4. The average Bonchev–Trinajstić information content (AvgIpc) is 2.97. The molecule has 0 radical (unpaired) electrons. The number of piperidine rings is 1. The highest BCUT2D eigenvalue weighted by atomic mass is 32.2. The van der Waals surface area contributed by atoms with Crippen LogP contribution < -0.4 is 9.80 Å². The maximum absolute atomic E-state index is 10.9. The average molecular weight is 346 g/mol. The molecule has 1 N–H and O–H groups in total. The van der Waals surface area contributed by atoms with Crippen LogP contribution in [0.2, 0.25) is 0 Å². The Kier molecular flexibility index (Phi) is 3.24. The van der Waals surface area contributed by atoms with Crippen LogP contribution >= 0.6 is 11.8 Å². The minimum Gasteiger partial charge on any atom is -0.481 e. The monoisotopic (exact) mass is 346 g/mol. The van der Waals surface area contributed by atoms with Crippen LogP contribution in [0.3, 0.4) is 0 Å². The normalized spacial score (nSPS) is 33.2. The molecule has 0 amide bonds. The topological polar surface area (TPSA) is 69.6 Å². The van der Waals surface area contributed by atoms with Crippen molar-refractivity contribution < 1.29 is 9.90 Å². The second-order valence-corrected chi connectivity index (χ2v) is 8.64. The number of carboxylic acid groups (broad SMARTS) is 1. The van der Waals surface area contributed by atoms with E-state index >= 15 is 0 Å². The molecule has 6 nitrogen and oxygen atoms in total. The van der Waals surface area contributed by atoms with Crippen LogP contribution in [0.1, 0.15) is 25.3 Å². The van der Waals surface area contributed by atoms with Gasteiger partial charge in [0.15, 0.2) is 0 Å². The van der Waals surface area contributed by atoms with Crippen molar-refractivity contribution in [3.05, 3.63) is 5.56 Å². The summed E-state index contributed by atoms with van der Waals surface area (Å²) in [7, 11) is 0. The van der Waals surface area contributed by atoms with E-state index in [4.69, 9.17) is 15.1 Å². The number of aromatic nitrogens is 2. The van der Waals surface area contributed by atoms with Crippen molar-refractivity contribution in [3.8, 4) is 0 Å². The Morgan fingerprint density at radius 3 is 2.75 bits per heavy atom. The molecule has 1 aromatic rings. The molecule has 0 unspecified atom stereocenters. The molecule has 1 aliphatic carbocycles. The smallest absolute Gasteiger partial charge is 0.303 e. The molecular formula is C17H22N4O2S. The van der Waals surface area contributed by atoms with Gasteiger partial charge in [-0.05, 0) is 37.5 Å². The van der Waals surface area contributed by atoms with Gasteiger partial charge in [0.05, 0.1) is 0 Å². The van der Waals surface area contributed by atoms with Gasteiger partial charge in [-0.15, -0.1) is 11.8 Å². The maximum Gasteiger partial charge on any atom is 0.303 e. The summed E-state index contributed by atoms with van der Waals surface area (Å²) in [6.45, 7) is 5.21. The Balaban J connectivity index is 1.40. The standard InChI is InChI=1S/C17H22N4O2S/c1-9-2-4-21(9)17-18-15(10-3-5-24-16(10)19-17)20-7-12-11(6-14(22)23)13(12)8-20/h9,11-13H,2-8H2,1H3,(H,22,23)/t9-,11-,12-,13+/m0/s1. The fourth-order valence-electron chi connectivity index (χ4n) is 4.56. The first-order chi connectivity index (χ1) is 11.6. The van der Waals surface area contributed by atoms with Crippen LogP contribution in [0.4, 0.5) is 11.8 Å². The molecule has 4 aliphatic rings. The van der Waals surface area contributed by atoms with Gasteiger partial charge in [-0.1, -0.05) is 0 Å². The van der Waals surface area contributed by atoms with Gasteiger partial charge >= 0.3 is 5.97 Å². The SMILES string of the molecule is C[C@H]1CCN1c1nc2c(c(N3C[C@@H]4[C@@H](CC(=O)O)[C@@H]4C3)n1)CCS2. The lowest BCUT2D eigenvalue weighted by molar-refractivity contribution is -0.137. The molecule has 0 bridgehead atoms. The van der Waals surface area contributed by atoms with Crippen molar-refractivity contribution >= 4 is 29.5 Å². The summed E-state index contributed by atoms with van der Waals surface area (Å²) in [5, 5.41) is 10.2. The van der Waals surface area contributed by atoms with Crippen molar-refractivity contribution in [1.29, 1.82) is 0 Å². The predicted molar refractivity (Wildman–Crippen MR) is 92.8 cm³/mol.